The molecule has 0 aliphatic heterocycles. The number of aliphatic carboxylic acids is 1. The largest absolute Gasteiger partial charge is 0.479 e. The fraction of sp³-hybridized carbons (Fsp3) is 0.269. The molecule has 1 amide bonds. The number of halogens is 1. The van der Waals surface area contributed by atoms with E-state index >= 15 is 0 Å². The Morgan fingerprint density at radius 3 is 2.18 bits per heavy atom. The molecule has 3 aromatic rings. The van der Waals surface area contributed by atoms with Crippen molar-refractivity contribution in [1.29, 1.82) is 0 Å². The van der Waals surface area contributed by atoms with Gasteiger partial charge in [0.25, 0.3) is 0 Å². The van der Waals surface area contributed by atoms with Crippen LogP contribution in [0.5, 0.6) is 0 Å². The van der Waals surface area contributed by atoms with E-state index in [1.807, 2.05) is 48.5 Å². The Morgan fingerprint density at radius 2 is 1.67 bits per heavy atom. The minimum absolute atomic E-state index is 0.0488. The van der Waals surface area contributed by atoms with Crippen LogP contribution < -0.4 is 0 Å². The van der Waals surface area contributed by atoms with Crippen molar-refractivity contribution in [2.24, 2.45) is 0 Å². The second-order valence-electron chi connectivity index (χ2n) is 8.54. The van der Waals surface area contributed by atoms with Gasteiger partial charge >= 0.3 is 12.1 Å². The molecule has 0 saturated carbocycles. The Kier molecular flexibility index (Phi) is 5.89. The average molecular weight is 448 g/mol. The number of hydrogen-bond acceptors (Lipinski definition) is 4. The molecule has 1 unspecified atom stereocenters. The molecule has 2 aromatic carbocycles. The van der Waals surface area contributed by atoms with E-state index in [0.29, 0.717) is 0 Å². The third kappa shape index (κ3) is 3.84. The van der Waals surface area contributed by atoms with Crippen LogP contribution in [0.2, 0.25) is 0 Å². The van der Waals surface area contributed by atoms with Gasteiger partial charge in [0, 0.05) is 23.7 Å². The first-order chi connectivity index (χ1) is 15.7. The lowest BCUT2D eigenvalue weighted by Gasteiger charge is -2.40. The van der Waals surface area contributed by atoms with Crippen LogP contribution in [0.25, 0.3) is 11.1 Å². The molecule has 0 bridgehead atoms. The summed E-state index contributed by atoms with van der Waals surface area (Å²) >= 11 is 0. The SMILES string of the molecule is CC(C)N(C(=O)OCC1c2ccccc2-c2ccccc21)C(C)(C(=O)O)c1cncc(F)c1. The van der Waals surface area contributed by atoms with Gasteiger partial charge in [0.1, 0.15) is 12.4 Å². The van der Waals surface area contributed by atoms with Crippen LogP contribution in [0.1, 0.15) is 43.4 Å². The van der Waals surface area contributed by atoms with E-state index in [4.69, 9.17) is 4.74 Å². The molecule has 1 N–H and O–H groups in total. The van der Waals surface area contributed by atoms with Crippen LogP contribution in [0.3, 0.4) is 0 Å². The van der Waals surface area contributed by atoms with E-state index < -0.39 is 29.5 Å². The third-order valence-corrected chi connectivity index (χ3v) is 6.21. The van der Waals surface area contributed by atoms with Crippen LogP contribution in [-0.4, -0.2) is 39.7 Å². The summed E-state index contributed by atoms with van der Waals surface area (Å²) in [5.74, 6) is -2.16. The Hall–Kier alpha value is -3.74. The van der Waals surface area contributed by atoms with Crippen molar-refractivity contribution >= 4 is 12.1 Å². The van der Waals surface area contributed by atoms with Crippen molar-refractivity contribution in [3.8, 4) is 11.1 Å². The smallest absolute Gasteiger partial charge is 0.411 e. The summed E-state index contributed by atoms with van der Waals surface area (Å²) in [6.07, 6.45) is 1.45. The molecule has 33 heavy (non-hydrogen) atoms. The molecular formula is C26H25FN2O4. The van der Waals surface area contributed by atoms with Gasteiger partial charge in [-0.2, -0.15) is 0 Å². The van der Waals surface area contributed by atoms with E-state index in [2.05, 4.69) is 4.98 Å². The van der Waals surface area contributed by atoms with Gasteiger partial charge in [-0.1, -0.05) is 48.5 Å². The third-order valence-electron chi connectivity index (χ3n) is 6.21. The molecule has 1 aliphatic carbocycles. The van der Waals surface area contributed by atoms with Gasteiger partial charge in [-0.25, -0.2) is 14.0 Å². The number of nitrogens with zero attached hydrogens (tertiary/aromatic N) is 2. The van der Waals surface area contributed by atoms with Crippen molar-refractivity contribution < 1.29 is 23.8 Å². The summed E-state index contributed by atoms with van der Waals surface area (Å²) in [7, 11) is 0. The number of carboxylic acids is 1. The molecular weight excluding hydrogens is 423 g/mol. The first-order valence-corrected chi connectivity index (χ1v) is 10.7. The van der Waals surface area contributed by atoms with Gasteiger partial charge in [0.05, 0.1) is 6.20 Å². The number of fused-ring (bicyclic) bond motifs is 3. The normalized spacial score (nSPS) is 14.3. The molecule has 0 radical (unpaired) electrons. The van der Waals surface area contributed by atoms with Crippen LogP contribution in [0.4, 0.5) is 9.18 Å². The number of hydrogen-bond donors (Lipinski definition) is 1. The summed E-state index contributed by atoms with van der Waals surface area (Å²) in [6, 6.07) is 16.5. The zero-order chi connectivity index (χ0) is 23.8. The molecule has 4 rings (SSSR count). The Morgan fingerprint density at radius 1 is 1.09 bits per heavy atom. The number of carbonyl (C=O) groups excluding carboxylic acids is 1. The molecule has 1 atom stereocenters. The number of benzene rings is 2. The van der Waals surface area contributed by atoms with Crippen molar-refractivity contribution in [2.75, 3.05) is 6.61 Å². The minimum atomic E-state index is -1.87. The highest BCUT2D eigenvalue weighted by Gasteiger charge is 2.47. The van der Waals surface area contributed by atoms with Gasteiger partial charge in [-0.3, -0.25) is 9.88 Å². The molecule has 1 heterocycles. The van der Waals surface area contributed by atoms with Crippen molar-refractivity contribution in [1.82, 2.24) is 9.88 Å². The zero-order valence-corrected chi connectivity index (χ0v) is 18.7. The average Bonchev–Trinajstić information content (AvgIpc) is 3.11. The Bertz CT molecular complexity index is 1170. The minimum Gasteiger partial charge on any atom is -0.479 e. The predicted octanol–water partition coefficient (Wildman–Crippen LogP) is 5.18. The maximum Gasteiger partial charge on any atom is 0.411 e. The second kappa shape index (κ2) is 8.65. The molecule has 0 saturated heterocycles. The molecule has 1 aliphatic rings. The van der Waals surface area contributed by atoms with Crippen LogP contribution in [0, 0.1) is 5.82 Å². The van der Waals surface area contributed by atoms with Crippen molar-refractivity contribution in [3.63, 3.8) is 0 Å². The first-order valence-electron chi connectivity index (χ1n) is 10.7. The Balaban J connectivity index is 1.64. The summed E-state index contributed by atoms with van der Waals surface area (Å²) in [6.45, 7) is 4.78. The number of carbonyl (C=O) groups is 2. The zero-order valence-electron chi connectivity index (χ0n) is 18.7. The standard InChI is InChI=1S/C26H25FN2O4/c1-16(2)29(26(3,24(30)31)17-12-18(27)14-28-13-17)25(32)33-15-23-21-10-6-4-8-19(21)20-9-5-7-11-22(20)23/h4-14,16,23H,15H2,1-3H3,(H,30,31). The molecule has 6 nitrogen and oxygen atoms in total. The van der Waals surface area contributed by atoms with Gasteiger partial charge in [0.15, 0.2) is 5.54 Å². The fourth-order valence-electron chi connectivity index (χ4n) is 4.62. The maximum atomic E-state index is 13.9. The first kappa shape index (κ1) is 22.5. The number of aromatic nitrogens is 1. The lowest BCUT2D eigenvalue weighted by molar-refractivity contribution is -0.151. The highest BCUT2D eigenvalue weighted by atomic mass is 19.1. The van der Waals surface area contributed by atoms with Gasteiger partial charge < -0.3 is 9.84 Å². The number of pyridine rings is 1. The quantitative estimate of drug-likeness (QED) is 0.562. The van der Waals surface area contributed by atoms with Crippen LogP contribution in [0.15, 0.2) is 67.0 Å². The summed E-state index contributed by atoms with van der Waals surface area (Å²) in [4.78, 5) is 30.6. The van der Waals surface area contributed by atoms with Crippen molar-refractivity contribution in [2.45, 2.75) is 38.3 Å². The van der Waals surface area contributed by atoms with E-state index in [1.54, 1.807) is 13.8 Å². The second-order valence-corrected chi connectivity index (χ2v) is 8.54. The lowest BCUT2D eigenvalue weighted by atomic mass is 9.90. The fourth-order valence-corrected chi connectivity index (χ4v) is 4.62. The van der Waals surface area contributed by atoms with E-state index in [1.165, 1.54) is 13.1 Å². The number of rotatable bonds is 6. The van der Waals surface area contributed by atoms with Gasteiger partial charge in [-0.05, 0) is 49.1 Å². The van der Waals surface area contributed by atoms with Crippen LogP contribution >= 0.6 is 0 Å². The van der Waals surface area contributed by atoms with E-state index in [-0.39, 0.29) is 18.1 Å². The lowest BCUT2D eigenvalue weighted by Crippen LogP contribution is -2.56. The Labute approximate surface area is 191 Å². The highest BCUT2D eigenvalue weighted by molar-refractivity contribution is 5.86. The molecule has 0 fully saturated rings. The predicted molar refractivity (Wildman–Crippen MR) is 121 cm³/mol. The van der Waals surface area contributed by atoms with E-state index in [0.717, 1.165) is 39.4 Å². The number of carboxylic acid groups (broad SMARTS) is 1. The summed E-state index contributed by atoms with van der Waals surface area (Å²) in [5, 5.41) is 10.1. The van der Waals surface area contributed by atoms with Crippen molar-refractivity contribution in [3.05, 3.63) is 89.5 Å². The highest BCUT2D eigenvalue weighted by Crippen LogP contribution is 2.44. The monoisotopic (exact) mass is 448 g/mol. The maximum absolute atomic E-state index is 13.9. The molecule has 7 heteroatoms. The molecule has 170 valence electrons. The number of ether oxygens (including phenoxy) is 1. The molecule has 1 aromatic heterocycles. The van der Waals surface area contributed by atoms with Gasteiger partial charge in [0.2, 0.25) is 0 Å². The number of amides is 1. The van der Waals surface area contributed by atoms with Gasteiger partial charge in [-0.15, -0.1) is 0 Å². The van der Waals surface area contributed by atoms with E-state index in [9.17, 15) is 19.1 Å². The summed E-state index contributed by atoms with van der Waals surface area (Å²) in [5.41, 5.74) is 2.48. The summed E-state index contributed by atoms with van der Waals surface area (Å²) < 4.78 is 19.6. The molecule has 0 spiro atoms. The topological polar surface area (TPSA) is 79.7 Å². The van der Waals surface area contributed by atoms with Crippen LogP contribution in [-0.2, 0) is 15.1 Å².